The van der Waals surface area contributed by atoms with Crippen molar-refractivity contribution in [3.8, 4) is 0 Å². The van der Waals surface area contributed by atoms with Gasteiger partial charge in [0.15, 0.2) is 0 Å². The Morgan fingerprint density at radius 1 is 1.25 bits per heavy atom. The maximum Gasteiger partial charge on any atom is 0.0317 e. The molecule has 0 spiro atoms. The van der Waals surface area contributed by atoms with Gasteiger partial charge < -0.3 is 5.32 Å². The number of rotatable bonds is 6. The Bertz CT molecular complexity index is 387. The number of benzene rings is 1. The molecule has 1 aliphatic carbocycles. The fourth-order valence-corrected chi connectivity index (χ4v) is 3.74. The molecule has 3 atom stereocenters. The van der Waals surface area contributed by atoms with Gasteiger partial charge in [-0.25, -0.2) is 0 Å². The van der Waals surface area contributed by atoms with E-state index in [9.17, 15) is 0 Å². The predicted molar refractivity (Wildman–Crippen MR) is 90.9 cm³/mol. The van der Waals surface area contributed by atoms with Crippen LogP contribution in [0.25, 0.3) is 0 Å². The monoisotopic (exact) mass is 337 g/mol. The van der Waals surface area contributed by atoms with E-state index in [-0.39, 0.29) is 0 Å². The third-order valence-corrected chi connectivity index (χ3v) is 5.20. The van der Waals surface area contributed by atoms with Crippen LogP contribution in [-0.4, -0.2) is 6.54 Å². The van der Waals surface area contributed by atoms with Crippen molar-refractivity contribution < 1.29 is 0 Å². The average molecular weight is 338 g/mol. The van der Waals surface area contributed by atoms with Crippen LogP contribution in [0.5, 0.6) is 0 Å². The quantitative estimate of drug-likeness (QED) is 0.701. The van der Waals surface area contributed by atoms with Crippen LogP contribution in [0.15, 0.2) is 28.7 Å². The minimum atomic E-state index is 0.504. The second kappa shape index (κ2) is 8.19. The third-order valence-electron chi connectivity index (χ3n) is 4.67. The summed E-state index contributed by atoms with van der Waals surface area (Å²) in [7, 11) is 0. The molecule has 0 saturated heterocycles. The van der Waals surface area contributed by atoms with Gasteiger partial charge in [0, 0.05) is 10.5 Å². The molecule has 1 aliphatic rings. The van der Waals surface area contributed by atoms with E-state index in [1.807, 2.05) is 0 Å². The van der Waals surface area contributed by atoms with Crippen molar-refractivity contribution in [1.29, 1.82) is 0 Å². The summed E-state index contributed by atoms with van der Waals surface area (Å²) in [5.41, 5.74) is 1.41. The fourth-order valence-electron chi connectivity index (χ4n) is 3.48. The van der Waals surface area contributed by atoms with Crippen molar-refractivity contribution in [2.45, 2.75) is 58.4 Å². The standard InChI is InChI=1S/C18H28BrN/c1-3-18(16-7-9-17(19)10-8-16)20-12-11-15-6-4-5-14(2)13-15/h7-10,14-15,18,20H,3-6,11-13H2,1-2H3. The van der Waals surface area contributed by atoms with Gasteiger partial charge >= 0.3 is 0 Å². The average Bonchev–Trinajstić information content (AvgIpc) is 2.45. The first-order chi connectivity index (χ1) is 9.69. The lowest BCUT2D eigenvalue weighted by molar-refractivity contribution is 0.264. The molecule has 3 unspecified atom stereocenters. The maximum atomic E-state index is 3.75. The van der Waals surface area contributed by atoms with Crippen molar-refractivity contribution in [2.24, 2.45) is 11.8 Å². The predicted octanol–water partition coefficient (Wildman–Crippen LogP) is 5.71. The summed E-state index contributed by atoms with van der Waals surface area (Å²) in [5, 5.41) is 3.75. The van der Waals surface area contributed by atoms with Crippen LogP contribution in [0.3, 0.4) is 0 Å². The van der Waals surface area contributed by atoms with E-state index >= 15 is 0 Å². The molecular formula is C18H28BrN. The highest BCUT2D eigenvalue weighted by Crippen LogP contribution is 2.30. The van der Waals surface area contributed by atoms with Crippen LogP contribution in [0, 0.1) is 11.8 Å². The molecule has 0 aliphatic heterocycles. The van der Waals surface area contributed by atoms with Crippen LogP contribution in [-0.2, 0) is 0 Å². The zero-order valence-electron chi connectivity index (χ0n) is 12.9. The van der Waals surface area contributed by atoms with E-state index in [0.29, 0.717) is 6.04 Å². The van der Waals surface area contributed by atoms with Gasteiger partial charge in [-0.1, -0.05) is 61.2 Å². The van der Waals surface area contributed by atoms with Crippen molar-refractivity contribution in [3.05, 3.63) is 34.3 Å². The Hall–Kier alpha value is -0.340. The molecule has 0 bridgehead atoms. The molecule has 0 heterocycles. The largest absolute Gasteiger partial charge is 0.310 e. The maximum absolute atomic E-state index is 3.75. The summed E-state index contributed by atoms with van der Waals surface area (Å²) < 4.78 is 1.16. The lowest BCUT2D eigenvalue weighted by Crippen LogP contribution is -2.25. The molecule has 1 saturated carbocycles. The van der Waals surface area contributed by atoms with Crippen LogP contribution in [0.2, 0.25) is 0 Å². The Morgan fingerprint density at radius 3 is 2.65 bits per heavy atom. The molecule has 112 valence electrons. The Morgan fingerprint density at radius 2 is 2.00 bits per heavy atom. The molecule has 1 N–H and O–H groups in total. The number of hydrogen-bond donors (Lipinski definition) is 1. The number of hydrogen-bond acceptors (Lipinski definition) is 1. The highest BCUT2D eigenvalue weighted by Gasteiger charge is 2.18. The van der Waals surface area contributed by atoms with Crippen LogP contribution < -0.4 is 5.32 Å². The van der Waals surface area contributed by atoms with Gasteiger partial charge in [-0.2, -0.15) is 0 Å². The molecule has 0 amide bonds. The Kier molecular flexibility index (Phi) is 6.57. The molecule has 1 fully saturated rings. The van der Waals surface area contributed by atoms with Gasteiger partial charge in [-0.3, -0.25) is 0 Å². The Balaban J connectivity index is 1.77. The summed E-state index contributed by atoms with van der Waals surface area (Å²) in [6.07, 6.45) is 8.27. The van der Waals surface area contributed by atoms with E-state index < -0.39 is 0 Å². The molecule has 0 aromatic heterocycles. The van der Waals surface area contributed by atoms with Gasteiger partial charge in [0.1, 0.15) is 0 Å². The summed E-state index contributed by atoms with van der Waals surface area (Å²) in [6, 6.07) is 9.25. The summed E-state index contributed by atoms with van der Waals surface area (Å²) in [4.78, 5) is 0. The third kappa shape index (κ3) is 4.89. The first kappa shape index (κ1) is 16.0. The number of halogens is 1. The normalized spacial score (nSPS) is 24.6. The lowest BCUT2D eigenvalue weighted by Gasteiger charge is -2.27. The Labute approximate surface area is 132 Å². The molecule has 20 heavy (non-hydrogen) atoms. The van der Waals surface area contributed by atoms with E-state index in [2.05, 4.69) is 59.4 Å². The second-order valence-corrected chi connectivity index (χ2v) is 7.31. The minimum absolute atomic E-state index is 0.504. The van der Waals surface area contributed by atoms with E-state index in [1.165, 1.54) is 37.7 Å². The lowest BCUT2D eigenvalue weighted by atomic mass is 9.81. The topological polar surface area (TPSA) is 12.0 Å². The number of nitrogens with one attached hydrogen (secondary N) is 1. The van der Waals surface area contributed by atoms with Crippen molar-refractivity contribution in [2.75, 3.05) is 6.54 Å². The molecular weight excluding hydrogens is 310 g/mol. The van der Waals surface area contributed by atoms with E-state index in [1.54, 1.807) is 0 Å². The van der Waals surface area contributed by atoms with Crippen molar-refractivity contribution in [3.63, 3.8) is 0 Å². The van der Waals surface area contributed by atoms with Gasteiger partial charge in [0.25, 0.3) is 0 Å². The molecule has 1 aromatic rings. The van der Waals surface area contributed by atoms with Gasteiger partial charge in [0.05, 0.1) is 0 Å². The van der Waals surface area contributed by atoms with Gasteiger partial charge in [0.2, 0.25) is 0 Å². The van der Waals surface area contributed by atoms with Gasteiger partial charge in [-0.05, 0) is 55.3 Å². The van der Waals surface area contributed by atoms with Crippen LogP contribution in [0.1, 0.15) is 64.0 Å². The zero-order valence-corrected chi connectivity index (χ0v) is 14.5. The van der Waals surface area contributed by atoms with E-state index in [4.69, 9.17) is 0 Å². The molecule has 1 nitrogen and oxygen atoms in total. The van der Waals surface area contributed by atoms with Crippen molar-refractivity contribution in [1.82, 2.24) is 5.32 Å². The first-order valence-corrected chi connectivity index (χ1v) is 8.97. The minimum Gasteiger partial charge on any atom is -0.310 e. The van der Waals surface area contributed by atoms with Crippen molar-refractivity contribution >= 4 is 15.9 Å². The summed E-state index contributed by atoms with van der Waals surface area (Å²) in [6.45, 7) is 5.84. The molecule has 2 heteroatoms. The van der Waals surface area contributed by atoms with Crippen LogP contribution >= 0.6 is 15.9 Å². The SMILES string of the molecule is CCC(NCCC1CCCC(C)C1)c1ccc(Br)cc1. The van der Waals surface area contributed by atoms with Crippen LogP contribution in [0.4, 0.5) is 0 Å². The van der Waals surface area contributed by atoms with E-state index in [0.717, 1.165) is 29.3 Å². The van der Waals surface area contributed by atoms with Gasteiger partial charge in [-0.15, -0.1) is 0 Å². The molecule has 2 rings (SSSR count). The molecule has 1 aromatic carbocycles. The first-order valence-electron chi connectivity index (χ1n) is 8.18. The highest BCUT2D eigenvalue weighted by atomic mass is 79.9. The highest BCUT2D eigenvalue weighted by molar-refractivity contribution is 9.10. The fraction of sp³-hybridized carbons (Fsp3) is 0.667. The molecule has 0 radical (unpaired) electrons. The summed E-state index contributed by atoms with van der Waals surface area (Å²) in [5.74, 6) is 1.90. The smallest absolute Gasteiger partial charge is 0.0317 e. The zero-order chi connectivity index (χ0) is 14.4. The second-order valence-electron chi connectivity index (χ2n) is 6.39. The summed E-state index contributed by atoms with van der Waals surface area (Å²) >= 11 is 3.51.